The Kier molecular flexibility index (Phi) is 3.59. The van der Waals surface area contributed by atoms with E-state index in [0.29, 0.717) is 12.1 Å². The average molecular weight is 265 g/mol. The third-order valence-corrected chi connectivity index (χ3v) is 2.03. The molecule has 1 rings (SSSR count). The van der Waals surface area contributed by atoms with Crippen molar-refractivity contribution in [1.82, 2.24) is 0 Å². The molecule has 1 amide bonds. The number of nitrogens with one attached hydrogen (secondary N) is 1. The molecule has 0 aliphatic heterocycles. The van der Waals surface area contributed by atoms with Gasteiger partial charge in [0.25, 0.3) is 0 Å². The number of carbonyl (C=O) groups excluding carboxylic acids is 1. The molecule has 0 atom stereocenters. The van der Waals surface area contributed by atoms with Gasteiger partial charge < -0.3 is 5.11 Å². The van der Waals surface area contributed by atoms with Gasteiger partial charge in [-0.05, 0) is 19.1 Å². The van der Waals surface area contributed by atoms with Crippen molar-refractivity contribution < 1.29 is 32.3 Å². The maximum Gasteiger partial charge on any atom is 0.419 e. The number of amides is 1. The Morgan fingerprint density at radius 1 is 1.28 bits per heavy atom. The zero-order chi connectivity index (χ0) is 14.1. The molecule has 8 heteroatoms. The van der Waals surface area contributed by atoms with Gasteiger partial charge >= 0.3 is 12.3 Å². The van der Waals surface area contributed by atoms with E-state index in [1.54, 1.807) is 0 Å². The van der Waals surface area contributed by atoms with Crippen molar-refractivity contribution in [3.8, 4) is 0 Å². The van der Waals surface area contributed by atoms with E-state index in [9.17, 15) is 27.2 Å². The SMILES string of the molecule is CC(=O)c1cc(NC(=O)O)c(F)c(C(F)(F)F)c1. The number of hydrogen-bond donors (Lipinski definition) is 2. The Balaban J connectivity index is 3.47. The monoisotopic (exact) mass is 265 g/mol. The molecule has 0 fully saturated rings. The highest BCUT2D eigenvalue weighted by atomic mass is 19.4. The Bertz CT molecular complexity index is 511. The Labute approximate surface area is 98.2 Å². The molecular weight excluding hydrogens is 258 g/mol. The summed E-state index contributed by atoms with van der Waals surface area (Å²) >= 11 is 0. The second kappa shape index (κ2) is 4.63. The molecular formula is C10H7F4NO3. The highest BCUT2D eigenvalue weighted by Crippen LogP contribution is 2.35. The number of rotatable bonds is 2. The first-order valence-electron chi connectivity index (χ1n) is 4.54. The number of benzene rings is 1. The Morgan fingerprint density at radius 2 is 1.83 bits per heavy atom. The van der Waals surface area contributed by atoms with E-state index in [0.717, 1.165) is 6.92 Å². The first-order valence-corrected chi connectivity index (χ1v) is 4.54. The van der Waals surface area contributed by atoms with Gasteiger partial charge in [-0.25, -0.2) is 9.18 Å². The Morgan fingerprint density at radius 3 is 2.22 bits per heavy atom. The van der Waals surface area contributed by atoms with Crippen LogP contribution >= 0.6 is 0 Å². The number of carbonyl (C=O) groups is 2. The third-order valence-electron chi connectivity index (χ3n) is 2.03. The molecule has 0 radical (unpaired) electrons. The number of halogens is 4. The number of Topliss-reactive ketones (excluding diaryl/α,β-unsaturated/α-hetero) is 1. The molecule has 0 aromatic heterocycles. The van der Waals surface area contributed by atoms with Crippen LogP contribution < -0.4 is 5.32 Å². The van der Waals surface area contributed by atoms with Crippen molar-refractivity contribution in [2.45, 2.75) is 13.1 Å². The quantitative estimate of drug-likeness (QED) is 0.637. The molecule has 2 N–H and O–H groups in total. The van der Waals surface area contributed by atoms with Gasteiger partial charge in [0.15, 0.2) is 11.6 Å². The summed E-state index contributed by atoms with van der Waals surface area (Å²) in [5, 5.41) is 9.84. The zero-order valence-electron chi connectivity index (χ0n) is 8.93. The van der Waals surface area contributed by atoms with Gasteiger partial charge in [0.05, 0.1) is 11.3 Å². The Hall–Kier alpha value is -2.12. The predicted molar refractivity (Wildman–Crippen MR) is 53.1 cm³/mol. The van der Waals surface area contributed by atoms with Gasteiger partial charge in [-0.1, -0.05) is 0 Å². The summed E-state index contributed by atoms with van der Waals surface area (Å²) in [6.45, 7) is 0.984. The van der Waals surface area contributed by atoms with Gasteiger partial charge in [0.1, 0.15) is 0 Å². The standard InChI is InChI=1S/C10H7F4NO3/c1-4(16)5-2-6(10(12,13)14)8(11)7(3-5)15-9(17)18/h2-3,15H,1H3,(H,17,18). The van der Waals surface area contributed by atoms with Crippen LogP contribution in [0.4, 0.5) is 28.0 Å². The van der Waals surface area contributed by atoms with Crippen LogP contribution in [0.2, 0.25) is 0 Å². The van der Waals surface area contributed by atoms with Crippen LogP contribution in [0.25, 0.3) is 0 Å². The highest BCUT2D eigenvalue weighted by molar-refractivity contribution is 5.96. The minimum Gasteiger partial charge on any atom is -0.465 e. The first-order chi connectivity index (χ1) is 8.12. The van der Waals surface area contributed by atoms with Crippen molar-refractivity contribution in [2.75, 3.05) is 5.32 Å². The summed E-state index contributed by atoms with van der Waals surface area (Å²) in [6.07, 6.45) is -6.76. The maximum absolute atomic E-state index is 13.4. The molecule has 4 nitrogen and oxygen atoms in total. The van der Waals surface area contributed by atoms with Crippen LogP contribution in [0.5, 0.6) is 0 Å². The fourth-order valence-electron chi connectivity index (χ4n) is 1.24. The molecule has 0 unspecified atom stereocenters. The lowest BCUT2D eigenvalue weighted by Crippen LogP contribution is -2.15. The fourth-order valence-corrected chi connectivity index (χ4v) is 1.24. The summed E-state index contributed by atoms with van der Waals surface area (Å²) in [5.41, 5.74) is -3.05. The van der Waals surface area contributed by atoms with Crippen molar-refractivity contribution in [2.24, 2.45) is 0 Å². The lowest BCUT2D eigenvalue weighted by molar-refractivity contribution is -0.139. The number of hydrogen-bond acceptors (Lipinski definition) is 2. The van der Waals surface area contributed by atoms with Crippen molar-refractivity contribution in [1.29, 1.82) is 0 Å². The molecule has 1 aromatic rings. The average Bonchev–Trinajstić information content (AvgIpc) is 2.18. The number of alkyl halides is 3. The van der Waals surface area contributed by atoms with E-state index in [2.05, 4.69) is 0 Å². The third kappa shape index (κ3) is 2.96. The number of ketones is 1. The minimum atomic E-state index is -5.02. The lowest BCUT2D eigenvalue weighted by Gasteiger charge is -2.12. The minimum absolute atomic E-state index is 0.338. The summed E-state index contributed by atoms with van der Waals surface area (Å²) < 4.78 is 50.9. The summed E-state index contributed by atoms with van der Waals surface area (Å²) in [7, 11) is 0. The van der Waals surface area contributed by atoms with Gasteiger partial charge in [0.2, 0.25) is 0 Å². The van der Waals surface area contributed by atoms with E-state index in [4.69, 9.17) is 5.11 Å². The topological polar surface area (TPSA) is 66.4 Å². The lowest BCUT2D eigenvalue weighted by atomic mass is 10.1. The maximum atomic E-state index is 13.4. The highest BCUT2D eigenvalue weighted by Gasteiger charge is 2.36. The van der Waals surface area contributed by atoms with E-state index in [1.807, 2.05) is 0 Å². The molecule has 0 saturated heterocycles. The molecule has 0 aliphatic carbocycles. The van der Waals surface area contributed by atoms with E-state index < -0.39 is 40.7 Å². The zero-order valence-corrected chi connectivity index (χ0v) is 8.93. The smallest absolute Gasteiger partial charge is 0.419 e. The van der Waals surface area contributed by atoms with Crippen molar-refractivity contribution >= 4 is 17.6 Å². The normalized spacial score (nSPS) is 11.2. The molecule has 0 saturated carbocycles. The molecule has 0 aliphatic rings. The van der Waals surface area contributed by atoms with Crippen LogP contribution in [-0.4, -0.2) is 17.0 Å². The predicted octanol–water partition coefficient (Wildman–Crippen LogP) is 3.14. The van der Waals surface area contributed by atoms with Gasteiger partial charge in [-0.3, -0.25) is 10.1 Å². The van der Waals surface area contributed by atoms with E-state index >= 15 is 0 Å². The molecule has 0 bridgehead atoms. The van der Waals surface area contributed by atoms with Crippen LogP contribution in [-0.2, 0) is 6.18 Å². The number of anilines is 1. The largest absolute Gasteiger partial charge is 0.465 e. The van der Waals surface area contributed by atoms with Crippen molar-refractivity contribution in [3.63, 3.8) is 0 Å². The second-order valence-corrected chi connectivity index (χ2v) is 3.37. The summed E-state index contributed by atoms with van der Waals surface area (Å²) in [4.78, 5) is 21.3. The van der Waals surface area contributed by atoms with Crippen LogP contribution in [0, 0.1) is 5.82 Å². The van der Waals surface area contributed by atoms with Gasteiger partial charge in [0, 0.05) is 5.56 Å². The van der Waals surface area contributed by atoms with Crippen molar-refractivity contribution in [3.05, 3.63) is 29.1 Å². The molecule has 0 spiro atoms. The van der Waals surface area contributed by atoms with Gasteiger partial charge in [-0.15, -0.1) is 0 Å². The molecule has 0 heterocycles. The summed E-state index contributed by atoms with van der Waals surface area (Å²) in [5.74, 6) is -2.51. The molecule has 98 valence electrons. The number of carboxylic acid groups (broad SMARTS) is 1. The van der Waals surface area contributed by atoms with E-state index in [-0.39, 0.29) is 0 Å². The second-order valence-electron chi connectivity index (χ2n) is 3.37. The van der Waals surface area contributed by atoms with Crippen LogP contribution in [0.1, 0.15) is 22.8 Å². The molecule has 18 heavy (non-hydrogen) atoms. The fraction of sp³-hybridized carbons (Fsp3) is 0.200. The molecule has 1 aromatic carbocycles. The summed E-state index contributed by atoms with van der Waals surface area (Å²) in [6, 6.07) is 1.05. The van der Waals surface area contributed by atoms with E-state index in [1.165, 1.54) is 5.32 Å². The van der Waals surface area contributed by atoms with Crippen LogP contribution in [0.15, 0.2) is 12.1 Å². The van der Waals surface area contributed by atoms with Crippen LogP contribution in [0.3, 0.4) is 0 Å². The first kappa shape index (κ1) is 13.9. The van der Waals surface area contributed by atoms with Gasteiger partial charge in [-0.2, -0.15) is 13.2 Å².